The molecule has 128 valence electrons. The highest BCUT2D eigenvalue weighted by molar-refractivity contribution is 5.85. The minimum absolute atomic E-state index is 0. The average molecular weight is 352 g/mol. The van der Waals surface area contributed by atoms with Crippen LogP contribution in [0.3, 0.4) is 0 Å². The first-order valence-corrected chi connectivity index (χ1v) is 7.00. The molecular weight excluding hydrogens is 325 g/mol. The molecule has 0 aromatic heterocycles. The lowest BCUT2D eigenvalue weighted by Crippen LogP contribution is -2.33. The van der Waals surface area contributed by atoms with E-state index in [0.717, 1.165) is 18.8 Å². The van der Waals surface area contributed by atoms with Crippen molar-refractivity contribution in [2.24, 2.45) is 0 Å². The molecule has 0 atom stereocenters. The molecule has 1 aromatic rings. The van der Waals surface area contributed by atoms with E-state index >= 15 is 0 Å². The molecule has 0 saturated carbocycles. The number of amides is 1. The Kier molecular flexibility index (Phi) is 15.8. The lowest BCUT2D eigenvalue weighted by atomic mass is 10.2. The van der Waals surface area contributed by atoms with Crippen LogP contribution in [0.4, 0.5) is 5.69 Å². The van der Waals surface area contributed by atoms with E-state index in [-0.39, 0.29) is 30.7 Å². The molecule has 0 fully saturated rings. The van der Waals surface area contributed by atoms with Gasteiger partial charge in [-0.05, 0) is 18.6 Å². The van der Waals surface area contributed by atoms with Gasteiger partial charge in [0.25, 0.3) is 0 Å². The van der Waals surface area contributed by atoms with Crippen molar-refractivity contribution in [2.75, 3.05) is 45.2 Å². The predicted octanol–water partition coefficient (Wildman–Crippen LogP) is 1.99. The Balaban J connectivity index is 0. The first-order chi connectivity index (χ1) is 9.74. The quantitative estimate of drug-likeness (QED) is 0.564. The average Bonchev–Trinajstić information content (AvgIpc) is 2.45. The number of anilines is 1. The van der Waals surface area contributed by atoms with Crippen LogP contribution in [0.5, 0.6) is 0 Å². The number of hydrogen-bond donors (Lipinski definition) is 3. The van der Waals surface area contributed by atoms with Crippen molar-refractivity contribution in [3.8, 4) is 0 Å². The number of benzene rings is 1. The van der Waals surface area contributed by atoms with E-state index < -0.39 is 0 Å². The molecule has 0 bridgehead atoms. The molecule has 0 aliphatic rings. The molecule has 5 nitrogen and oxygen atoms in total. The van der Waals surface area contributed by atoms with Crippen LogP contribution in [0.2, 0.25) is 0 Å². The first-order valence-electron chi connectivity index (χ1n) is 7.00. The summed E-state index contributed by atoms with van der Waals surface area (Å²) in [5.74, 6) is 0.0691. The van der Waals surface area contributed by atoms with Crippen molar-refractivity contribution >= 4 is 36.4 Å². The summed E-state index contributed by atoms with van der Waals surface area (Å²) >= 11 is 0. The molecule has 0 heterocycles. The van der Waals surface area contributed by atoms with Gasteiger partial charge in [0.2, 0.25) is 5.91 Å². The van der Waals surface area contributed by atoms with Crippen molar-refractivity contribution in [3.63, 3.8) is 0 Å². The Morgan fingerprint density at radius 3 is 2.50 bits per heavy atom. The number of carbonyl (C=O) groups is 1. The Morgan fingerprint density at radius 1 is 1.09 bits per heavy atom. The highest BCUT2D eigenvalue weighted by atomic mass is 35.5. The maximum atomic E-state index is 11.6. The zero-order chi connectivity index (χ0) is 14.6. The van der Waals surface area contributed by atoms with Gasteiger partial charge in [0, 0.05) is 45.4 Å². The summed E-state index contributed by atoms with van der Waals surface area (Å²) in [6.45, 7) is 5.60. The van der Waals surface area contributed by atoms with Crippen LogP contribution in [0.1, 0.15) is 12.0 Å². The van der Waals surface area contributed by atoms with Gasteiger partial charge in [-0.1, -0.05) is 18.2 Å². The minimum atomic E-state index is 0. The highest BCUT2D eigenvalue weighted by Gasteiger charge is 2.01. The molecule has 0 aliphatic heterocycles. The van der Waals surface area contributed by atoms with Crippen LogP contribution in [0.25, 0.3) is 0 Å². The largest absolute Gasteiger partial charge is 0.384 e. The summed E-state index contributed by atoms with van der Waals surface area (Å²) in [5.41, 5.74) is 2.27. The summed E-state index contributed by atoms with van der Waals surface area (Å²) in [7, 11) is 1.67. The van der Waals surface area contributed by atoms with Crippen molar-refractivity contribution in [1.29, 1.82) is 0 Å². The molecule has 1 aromatic carbocycles. The standard InChI is InChI=1S/C15H25N3O2.2ClH/c1-13-5-3-4-6-14(13)17-8-7-15(19)18-10-9-16-11-12-20-2;;/h3-6,16-17H,7-12H2,1-2H3,(H,18,19);2*1H. The first kappa shape index (κ1) is 23.3. The third-order valence-corrected chi connectivity index (χ3v) is 2.92. The Bertz CT molecular complexity index is 406. The van der Waals surface area contributed by atoms with Crippen molar-refractivity contribution in [3.05, 3.63) is 29.8 Å². The Labute approximate surface area is 145 Å². The van der Waals surface area contributed by atoms with Gasteiger partial charge in [-0.2, -0.15) is 0 Å². The molecule has 1 rings (SSSR count). The number of aryl methyl sites for hydroxylation is 1. The molecule has 1 amide bonds. The van der Waals surface area contributed by atoms with Crippen molar-refractivity contribution < 1.29 is 9.53 Å². The van der Waals surface area contributed by atoms with E-state index in [1.54, 1.807) is 7.11 Å². The van der Waals surface area contributed by atoms with Crippen LogP contribution in [-0.4, -0.2) is 45.8 Å². The van der Waals surface area contributed by atoms with Crippen LogP contribution in [-0.2, 0) is 9.53 Å². The van der Waals surface area contributed by atoms with Gasteiger partial charge < -0.3 is 20.7 Å². The number of rotatable bonds is 10. The maximum Gasteiger partial charge on any atom is 0.221 e. The van der Waals surface area contributed by atoms with Gasteiger partial charge in [0.15, 0.2) is 0 Å². The molecule has 22 heavy (non-hydrogen) atoms. The van der Waals surface area contributed by atoms with Crippen LogP contribution in [0.15, 0.2) is 24.3 Å². The van der Waals surface area contributed by atoms with E-state index in [4.69, 9.17) is 4.74 Å². The lowest BCUT2D eigenvalue weighted by Gasteiger charge is -2.10. The van der Waals surface area contributed by atoms with Gasteiger partial charge in [0.05, 0.1) is 6.61 Å². The molecule has 0 aliphatic carbocycles. The molecule has 0 saturated heterocycles. The smallest absolute Gasteiger partial charge is 0.221 e. The normalized spacial score (nSPS) is 9.36. The van der Waals surface area contributed by atoms with E-state index in [9.17, 15) is 4.79 Å². The fourth-order valence-electron chi connectivity index (χ4n) is 1.76. The fraction of sp³-hybridized carbons (Fsp3) is 0.533. The topological polar surface area (TPSA) is 62.4 Å². The number of nitrogens with one attached hydrogen (secondary N) is 3. The summed E-state index contributed by atoms with van der Waals surface area (Å²) in [6, 6.07) is 8.06. The number of methoxy groups -OCH3 is 1. The molecule has 3 N–H and O–H groups in total. The second-order valence-electron chi connectivity index (χ2n) is 4.58. The van der Waals surface area contributed by atoms with Gasteiger partial charge in [0.1, 0.15) is 0 Å². The van der Waals surface area contributed by atoms with Gasteiger partial charge >= 0.3 is 0 Å². The number of halogens is 2. The highest BCUT2D eigenvalue weighted by Crippen LogP contribution is 2.12. The lowest BCUT2D eigenvalue weighted by molar-refractivity contribution is -0.120. The Hall–Kier alpha value is -1.01. The van der Waals surface area contributed by atoms with E-state index in [1.807, 2.05) is 31.2 Å². The third kappa shape index (κ3) is 10.7. The molecule has 0 spiro atoms. The number of para-hydroxylation sites is 1. The monoisotopic (exact) mass is 351 g/mol. The summed E-state index contributed by atoms with van der Waals surface area (Å²) in [6.07, 6.45) is 0.479. The second-order valence-corrected chi connectivity index (χ2v) is 4.58. The van der Waals surface area contributed by atoms with Gasteiger partial charge in [-0.15, -0.1) is 24.8 Å². The molecule has 0 unspecified atom stereocenters. The number of carbonyl (C=O) groups excluding carboxylic acids is 1. The zero-order valence-corrected chi connectivity index (χ0v) is 14.8. The second kappa shape index (κ2) is 14.9. The number of hydrogen-bond acceptors (Lipinski definition) is 4. The zero-order valence-electron chi connectivity index (χ0n) is 13.2. The fourth-order valence-corrected chi connectivity index (χ4v) is 1.76. The van der Waals surface area contributed by atoms with Gasteiger partial charge in [-0.3, -0.25) is 4.79 Å². The minimum Gasteiger partial charge on any atom is -0.384 e. The molecular formula is C15H27Cl2N3O2. The predicted molar refractivity (Wildman–Crippen MR) is 96.5 cm³/mol. The van der Waals surface area contributed by atoms with Crippen LogP contribution >= 0.6 is 24.8 Å². The SMILES string of the molecule is COCCNCCNC(=O)CCNc1ccccc1C.Cl.Cl. The van der Waals surface area contributed by atoms with Crippen molar-refractivity contribution in [2.45, 2.75) is 13.3 Å². The van der Waals surface area contributed by atoms with Crippen LogP contribution in [0, 0.1) is 6.92 Å². The molecule has 7 heteroatoms. The Morgan fingerprint density at radius 2 is 1.82 bits per heavy atom. The third-order valence-electron chi connectivity index (χ3n) is 2.92. The summed E-state index contributed by atoms with van der Waals surface area (Å²) in [5, 5.41) is 9.32. The van der Waals surface area contributed by atoms with E-state index in [2.05, 4.69) is 16.0 Å². The van der Waals surface area contributed by atoms with Crippen LogP contribution < -0.4 is 16.0 Å². The van der Waals surface area contributed by atoms with Crippen molar-refractivity contribution in [1.82, 2.24) is 10.6 Å². The van der Waals surface area contributed by atoms with E-state index in [1.165, 1.54) is 5.56 Å². The van der Waals surface area contributed by atoms with Gasteiger partial charge in [-0.25, -0.2) is 0 Å². The van der Waals surface area contributed by atoms with E-state index in [0.29, 0.717) is 26.1 Å². The maximum absolute atomic E-state index is 11.6. The summed E-state index contributed by atoms with van der Waals surface area (Å²) < 4.78 is 4.92. The number of ether oxygens (including phenoxy) is 1. The molecule has 0 radical (unpaired) electrons. The summed E-state index contributed by atoms with van der Waals surface area (Å²) in [4.78, 5) is 11.6.